The molecule has 1 amide bonds. The molecule has 3 heterocycles. The molecule has 3 aromatic heterocycles. The molecule has 0 aliphatic rings. The first-order valence-corrected chi connectivity index (χ1v) is 9.05. The monoisotopic (exact) mass is 356 g/mol. The molecule has 0 atom stereocenters. The van der Waals surface area contributed by atoms with Gasteiger partial charge in [-0.2, -0.15) is 0 Å². The maximum atomic E-state index is 12.0. The van der Waals surface area contributed by atoms with Gasteiger partial charge in [0, 0.05) is 23.9 Å². The molecule has 130 valence electrons. The van der Waals surface area contributed by atoms with E-state index in [0.717, 1.165) is 17.0 Å². The van der Waals surface area contributed by atoms with Gasteiger partial charge in [0.05, 0.1) is 17.1 Å². The quantitative estimate of drug-likeness (QED) is 0.702. The zero-order valence-electron chi connectivity index (χ0n) is 14.3. The van der Waals surface area contributed by atoms with Gasteiger partial charge in [0.1, 0.15) is 0 Å². The third-order valence-electron chi connectivity index (χ3n) is 3.74. The van der Waals surface area contributed by atoms with Gasteiger partial charge in [-0.05, 0) is 37.1 Å². The molecule has 0 bridgehead atoms. The van der Waals surface area contributed by atoms with Crippen LogP contribution in [0.15, 0.2) is 34.9 Å². The van der Waals surface area contributed by atoms with Gasteiger partial charge >= 0.3 is 0 Å². The Labute approximate surface area is 150 Å². The lowest BCUT2D eigenvalue weighted by atomic mass is 10.2. The number of carbonyl (C=O) groups is 1. The Morgan fingerprint density at radius 3 is 2.80 bits per heavy atom. The van der Waals surface area contributed by atoms with Crippen LogP contribution in [0, 0.1) is 6.92 Å². The standard InChI is InChI=1S/C18H20N4O2S/c1-3-13-5-6-14(19-10-13)11-20-16(23)8-9-17-21-22-18(24-17)15-7-4-12(2)25-15/h4-7,10H,3,8-9,11H2,1-2H3,(H,20,23). The molecule has 0 spiro atoms. The highest BCUT2D eigenvalue weighted by molar-refractivity contribution is 7.15. The minimum Gasteiger partial charge on any atom is -0.420 e. The topological polar surface area (TPSA) is 80.9 Å². The normalized spacial score (nSPS) is 10.8. The number of hydrogen-bond acceptors (Lipinski definition) is 6. The van der Waals surface area contributed by atoms with Gasteiger partial charge in [0.15, 0.2) is 0 Å². The lowest BCUT2D eigenvalue weighted by Gasteiger charge is -2.04. The second kappa shape index (κ2) is 8.02. The summed E-state index contributed by atoms with van der Waals surface area (Å²) in [6, 6.07) is 7.94. The Morgan fingerprint density at radius 2 is 2.12 bits per heavy atom. The van der Waals surface area contributed by atoms with Crippen LogP contribution in [0.5, 0.6) is 0 Å². The highest BCUT2D eigenvalue weighted by Crippen LogP contribution is 2.26. The van der Waals surface area contributed by atoms with Crippen molar-refractivity contribution in [3.8, 4) is 10.8 Å². The fourth-order valence-electron chi connectivity index (χ4n) is 2.27. The summed E-state index contributed by atoms with van der Waals surface area (Å²) >= 11 is 1.60. The van der Waals surface area contributed by atoms with Crippen molar-refractivity contribution in [2.45, 2.75) is 39.7 Å². The number of nitrogens with zero attached hydrogens (tertiary/aromatic N) is 3. The van der Waals surface area contributed by atoms with E-state index in [1.54, 1.807) is 11.3 Å². The van der Waals surface area contributed by atoms with Gasteiger partial charge in [-0.15, -0.1) is 21.5 Å². The lowest BCUT2D eigenvalue weighted by molar-refractivity contribution is -0.121. The van der Waals surface area contributed by atoms with Crippen molar-refractivity contribution in [2.24, 2.45) is 0 Å². The smallest absolute Gasteiger partial charge is 0.257 e. The fraction of sp³-hybridized carbons (Fsp3) is 0.333. The van der Waals surface area contributed by atoms with Crippen LogP contribution in [0.3, 0.4) is 0 Å². The Kier molecular flexibility index (Phi) is 5.55. The number of pyridine rings is 1. The average molecular weight is 356 g/mol. The molecule has 0 fully saturated rings. The Balaban J connectivity index is 1.46. The predicted octanol–water partition coefficient (Wildman–Crippen LogP) is 3.31. The maximum absolute atomic E-state index is 12.0. The van der Waals surface area contributed by atoms with E-state index >= 15 is 0 Å². The SMILES string of the molecule is CCc1ccc(CNC(=O)CCc2nnc(-c3ccc(C)s3)o2)nc1. The van der Waals surface area contributed by atoms with Crippen molar-refractivity contribution in [1.82, 2.24) is 20.5 Å². The third kappa shape index (κ3) is 4.73. The van der Waals surface area contributed by atoms with E-state index in [0.29, 0.717) is 31.2 Å². The largest absolute Gasteiger partial charge is 0.420 e. The van der Waals surface area contributed by atoms with E-state index in [-0.39, 0.29) is 5.91 Å². The van der Waals surface area contributed by atoms with E-state index in [1.807, 2.05) is 37.4 Å². The Bertz CT molecular complexity index is 839. The number of hydrogen-bond donors (Lipinski definition) is 1. The second-order valence-electron chi connectivity index (χ2n) is 5.70. The van der Waals surface area contributed by atoms with Gasteiger partial charge < -0.3 is 9.73 Å². The fourth-order valence-corrected chi connectivity index (χ4v) is 3.06. The van der Waals surface area contributed by atoms with E-state index in [4.69, 9.17) is 4.42 Å². The summed E-state index contributed by atoms with van der Waals surface area (Å²) in [5.74, 6) is 0.920. The van der Waals surface area contributed by atoms with Crippen LogP contribution in [0.1, 0.15) is 35.4 Å². The molecule has 6 nitrogen and oxygen atoms in total. The molecule has 0 aromatic carbocycles. The molecule has 0 saturated heterocycles. The number of rotatable bonds is 7. The first kappa shape index (κ1) is 17.3. The van der Waals surface area contributed by atoms with Crippen LogP contribution in [0.2, 0.25) is 0 Å². The molecule has 0 unspecified atom stereocenters. The van der Waals surface area contributed by atoms with Crippen molar-refractivity contribution >= 4 is 17.2 Å². The predicted molar refractivity (Wildman–Crippen MR) is 96.1 cm³/mol. The molecule has 0 saturated carbocycles. The summed E-state index contributed by atoms with van der Waals surface area (Å²) in [4.78, 5) is 18.4. The summed E-state index contributed by atoms with van der Waals surface area (Å²) in [6.45, 7) is 4.54. The molecule has 0 aliphatic heterocycles. The van der Waals surface area contributed by atoms with Crippen LogP contribution < -0.4 is 5.32 Å². The molecular formula is C18H20N4O2S. The molecule has 0 radical (unpaired) electrons. The molecule has 25 heavy (non-hydrogen) atoms. The molecule has 3 aromatic rings. The average Bonchev–Trinajstić information content (AvgIpc) is 3.27. The zero-order valence-corrected chi connectivity index (χ0v) is 15.1. The van der Waals surface area contributed by atoms with E-state index in [1.165, 1.54) is 10.4 Å². The number of aromatic nitrogens is 3. The number of thiophene rings is 1. The molecule has 7 heteroatoms. The molecule has 1 N–H and O–H groups in total. The summed E-state index contributed by atoms with van der Waals surface area (Å²) in [5, 5.41) is 10.9. The summed E-state index contributed by atoms with van der Waals surface area (Å²) in [7, 11) is 0. The highest BCUT2D eigenvalue weighted by Gasteiger charge is 2.12. The molecule has 3 rings (SSSR count). The minimum atomic E-state index is -0.0620. The van der Waals surface area contributed by atoms with Crippen molar-refractivity contribution < 1.29 is 9.21 Å². The summed E-state index contributed by atoms with van der Waals surface area (Å²) < 4.78 is 5.62. The molecule has 0 aliphatic carbocycles. The highest BCUT2D eigenvalue weighted by atomic mass is 32.1. The van der Waals surface area contributed by atoms with Crippen LogP contribution in [0.25, 0.3) is 10.8 Å². The second-order valence-corrected chi connectivity index (χ2v) is 6.99. The van der Waals surface area contributed by atoms with E-state index in [2.05, 4.69) is 27.4 Å². The van der Waals surface area contributed by atoms with Crippen molar-refractivity contribution in [1.29, 1.82) is 0 Å². The Hall–Kier alpha value is -2.54. The summed E-state index contributed by atoms with van der Waals surface area (Å²) in [6.07, 6.45) is 3.52. The number of carbonyl (C=O) groups excluding carboxylic acids is 1. The number of aryl methyl sites for hydroxylation is 3. The maximum Gasteiger partial charge on any atom is 0.257 e. The van der Waals surface area contributed by atoms with Crippen molar-refractivity contribution in [3.05, 3.63) is 52.5 Å². The lowest BCUT2D eigenvalue weighted by Crippen LogP contribution is -2.23. The van der Waals surface area contributed by atoms with Crippen molar-refractivity contribution in [3.63, 3.8) is 0 Å². The van der Waals surface area contributed by atoms with Gasteiger partial charge in [0.2, 0.25) is 11.8 Å². The van der Waals surface area contributed by atoms with Crippen molar-refractivity contribution in [2.75, 3.05) is 0 Å². The first-order valence-electron chi connectivity index (χ1n) is 8.23. The first-order chi connectivity index (χ1) is 12.1. The van der Waals surface area contributed by atoms with Gasteiger partial charge in [-0.25, -0.2) is 0 Å². The van der Waals surface area contributed by atoms with Gasteiger partial charge in [-0.1, -0.05) is 13.0 Å². The van der Waals surface area contributed by atoms with Crippen LogP contribution in [-0.2, 0) is 24.2 Å². The van der Waals surface area contributed by atoms with Crippen LogP contribution >= 0.6 is 11.3 Å². The Morgan fingerprint density at radius 1 is 1.24 bits per heavy atom. The summed E-state index contributed by atoms with van der Waals surface area (Å²) in [5.41, 5.74) is 2.03. The van der Waals surface area contributed by atoms with E-state index < -0.39 is 0 Å². The number of nitrogens with one attached hydrogen (secondary N) is 1. The number of amides is 1. The van der Waals surface area contributed by atoms with Gasteiger partial charge in [-0.3, -0.25) is 9.78 Å². The van der Waals surface area contributed by atoms with Crippen LogP contribution in [0.4, 0.5) is 0 Å². The zero-order chi connectivity index (χ0) is 17.6. The van der Waals surface area contributed by atoms with Crippen LogP contribution in [-0.4, -0.2) is 21.1 Å². The minimum absolute atomic E-state index is 0.0620. The molecular weight excluding hydrogens is 336 g/mol. The third-order valence-corrected chi connectivity index (χ3v) is 4.73. The van der Waals surface area contributed by atoms with E-state index in [9.17, 15) is 4.79 Å². The van der Waals surface area contributed by atoms with Gasteiger partial charge in [0.25, 0.3) is 5.89 Å².